The Labute approximate surface area is 69.9 Å². The summed E-state index contributed by atoms with van der Waals surface area (Å²) >= 11 is 0. The monoisotopic (exact) mass is 160 g/mol. The van der Waals surface area contributed by atoms with Gasteiger partial charge in [0, 0.05) is 13.7 Å². The van der Waals surface area contributed by atoms with E-state index in [2.05, 4.69) is 20.8 Å². The molecule has 0 aromatic heterocycles. The molecular weight excluding hydrogens is 140 g/mol. The van der Waals surface area contributed by atoms with Crippen LogP contribution in [0.5, 0.6) is 0 Å². The van der Waals surface area contributed by atoms with E-state index in [1.807, 2.05) is 6.92 Å². The van der Waals surface area contributed by atoms with E-state index in [9.17, 15) is 0 Å². The third-order valence-electron chi connectivity index (χ3n) is 1.72. The number of ether oxygens (including phenoxy) is 2. The molecule has 0 aromatic rings. The van der Waals surface area contributed by atoms with E-state index in [1.165, 1.54) is 0 Å². The summed E-state index contributed by atoms with van der Waals surface area (Å²) in [6, 6.07) is 0. The van der Waals surface area contributed by atoms with Crippen LogP contribution < -0.4 is 0 Å². The molecule has 1 unspecified atom stereocenters. The van der Waals surface area contributed by atoms with Crippen molar-refractivity contribution in [2.75, 3.05) is 20.3 Å². The Morgan fingerprint density at radius 3 is 2.09 bits per heavy atom. The van der Waals surface area contributed by atoms with E-state index in [0.717, 1.165) is 6.61 Å². The van der Waals surface area contributed by atoms with Gasteiger partial charge in [-0.05, 0) is 12.3 Å². The van der Waals surface area contributed by atoms with Crippen molar-refractivity contribution in [3.8, 4) is 0 Å². The summed E-state index contributed by atoms with van der Waals surface area (Å²) in [7, 11) is 1.73. The highest BCUT2D eigenvalue weighted by Crippen LogP contribution is 2.21. The minimum Gasteiger partial charge on any atom is -0.379 e. The SMILES string of the molecule is CCOCC(OC)C(C)(C)C. The molecule has 0 aliphatic heterocycles. The Kier molecular flexibility index (Phi) is 4.69. The minimum absolute atomic E-state index is 0.171. The van der Waals surface area contributed by atoms with Crippen molar-refractivity contribution < 1.29 is 9.47 Å². The van der Waals surface area contributed by atoms with Gasteiger partial charge in [0.1, 0.15) is 0 Å². The first-order valence-electron chi connectivity index (χ1n) is 4.13. The Morgan fingerprint density at radius 1 is 1.27 bits per heavy atom. The lowest BCUT2D eigenvalue weighted by atomic mass is 9.89. The van der Waals surface area contributed by atoms with Crippen LogP contribution >= 0.6 is 0 Å². The van der Waals surface area contributed by atoms with Crippen LogP contribution in [-0.2, 0) is 9.47 Å². The summed E-state index contributed by atoms with van der Waals surface area (Å²) in [6.45, 7) is 9.91. The summed E-state index contributed by atoms with van der Waals surface area (Å²) in [4.78, 5) is 0. The molecule has 0 aromatic carbocycles. The van der Waals surface area contributed by atoms with Crippen LogP contribution in [0, 0.1) is 5.41 Å². The highest BCUT2D eigenvalue weighted by molar-refractivity contribution is 4.73. The molecule has 0 radical (unpaired) electrons. The molecule has 0 heterocycles. The van der Waals surface area contributed by atoms with Crippen molar-refractivity contribution in [3.63, 3.8) is 0 Å². The fourth-order valence-corrected chi connectivity index (χ4v) is 0.896. The van der Waals surface area contributed by atoms with Crippen LogP contribution in [0.4, 0.5) is 0 Å². The lowest BCUT2D eigenvalue weighted by Crippen LogP contribution is -2.32. The number of hydrogen-bond acceptors (Lipinski definition) is 2. The summed E-state index contributed by atoms with van der Waals surface area (Å²) in [5.41, 5.74) is 0.171. The highest BCUT2D eigenvalue weighted by atomic mass is 16.5. The van der Waals surface area contributed by atoms with Crippen molar-refractivity contribution in [1.82, 2.24) is 0 Å². The molecule has 0 amide bonds. The lowest BCUT2D eigenvalue weighted by molar-refractivity contribution is -0.0445. The van der Waals surface area contributed by atoms with Crippen molar-refractivity contribution in [1.29, 1.82) is 0 Å². The molecule has 0 aliphatic rings. The first kappa shape index (κ1) is 10.9. The van der Waals surface area contributed by atoms with E-state index in [4.69, 9.17) is 9.47 Å². The van der Waals surface area contributed by atoms with Crippen LogP contribution in [0.25, 0.3) is 0 Å². The van der Waals surface area contributed by atoms with Crippen LogP contribution in [0.2, 0.25) is 0 Å². The molecule has 0 saturated heterocycles. The van der Waals surface area contributed by atoms with Crippen LogP contribution in [0.3, 0.4) is 0 Å². The molecule has 2 heteroatoms. The highest BCUT2D eigenvalue weighted by Gasteiger charge is 2.23. The molecule has 0 fully saturated rings. The van der Waals surface area contributed by atoms with Gasteiger partial charge in [-0.2, -0.15) is 0 Å². The summed E-state index contributed by atoms with van der Waals surface area (Å²) in [5.74, 6) is 0. The fraction of sp³-hybridized carbons (Fsp3) is 1.00. The average molecular weight is 160 g/mol. The molecule has 0 aliphatic carbocycles. The van der Waals surface area contributed by atoms with Gasteiger partial charge >= 0.3 is 0 Å². The fourth-order valence-electron chi connectivity index (χ4n) is 0.896. The summed E-state index contributed by atoms with van der Waals surface area (Å²) < 4.78 is 10.6. The molecule has 0 rings (SSSR count). The predicted molar refractivity (Wildman–Crippen MR) is 46.7 cm³/mol. The zero-order valence-electron chi connectivity index (χ0n) is 8.31. The standard InChI is InChI=1S/C9H20O2/c1-6-11-7-8(10-5)9(2,3)4/h8H,6-7H2,1-5H3. The lowest BCUT2D eigenvalue weighted by Gasteiger charge is -2.28. The van der Waals surface area contributed by atoms with Gasteiger partial charge in [0.25, 0.3) is 0 Å². The number of methoxy groups -OCH3 is 1. The van der Waals surface area contributed by atoms with Crippen LogP contribution in [-0.4, -0.2) is 26.4 Å². The second-order valence-corrected chi connectivity index (χ2v) is 3.75. The predicted octanol–water partition coefficient (Wildman–Crippen LogP) is 2.08. The summed E-state index contributed by atoms with van der Waals surface area (Å²) in [6.07, 6.45) is 0.197. The van der Waals surface area contributed by atoms with Gasteiger partial charge in [-0.15, -0.1) is 0 Å². The maximum absolute atomic E-state index is 5.29. The zero-order valence-corrected chi connectivity index (χ0v) is 8.31. The van der Waals surface area contributed by atoms with Gasteiger partial charge in [-0.3, -0.25) is 0 Å². The molecule has 0 bridgehead atoms. The quantitative estimate of drug-likeness (QED) is 0.627. The molecule has 2 nitrogen and oxygen atoms in total. The Balaban J connectivity index is 3.76. The first-order valence-corrected chi connectivity index (χ1v) is 4.13. The van der Waals surface area contributed by atoms with E-state index < -0.39 is 0 Å². The molecule has 68 valence electrons. The minimum atomic E-state index is 0.171. The topological polar surface area (TPSA) is 18.5 Å². The molecule has 0 saturated carbocycles. The second kappa shape index (κ2) is 4.73. The summed E-state index contributed by atoms with van der Waals surface area (Å²) in [5, 5.41) is 0. The average Bonchev–Trinajstić information content (AvgIpc) is 1.87. The zero-order chi connectivity index (χ0) is 8.91. The van der Waals surface area contributed by atoms with Crippen molar-refractivity contribution in [2.24, 2.45) is 5.41 Å². The molecular formula is C9H20O2. The Bertz CT molecular complexity index is 94.2. The van der Waals surface area contributed by atoms with Gasteiger partial charge in [0.2, 0.25) is 0 Å². The van der Waals surface area contributed by atoms with Crippen molar-refractivity contribution in [3.05, 3.63) is 0 Å². The smallest absolute Gasteiger partial charge is 0.0852 e. The molecule has 1 atom stereocenters. The third-order valence-corrected chi connectivity index (χ3v) is 1.72. The number of rotatable bonds is 4. The Morgan fingerprint density at radius 2 is 1.82 bits per heavy atom. The van der Waals surface area contributed by atoms with E-state index in [-0.39, 0.29) is 11.5 Å². The normalized spacial score (nSPS) is 15.0. The maximum Gasteiger partial charge on any atom is 0.0852 e. The van der Waals surface area contributed by atoms with Gasteiger partial charge in [0.05, 0.1) is 12.7 Å². The van der Waals surface area contributed by atoms with Gasteiger partial charge in [-0.1, -0.05) is 20.8 Å². The Hall–Kier alpha value is -0.0800. The third kappa shape index (κ3) is 4.38. The van der Waals surface area contributed by atoms with Crippen molar-refractivity contribution in [2.45, 2.75) is 33.8 Å². The van der Waals surface area contributed by atoms with E-state index in [0.29, 0.717) is 6.61 Å². The van der Waals surface area contributed by atoms with Gasteiger partial charge in [-0.25, -0.2) is 0 Å². The van der Waals surface area contributed by atoms with Crippen molar-refractivity contribution >= 4 is 0 Å². The van der Waals surface area contributed by atoms with Gasteiger partial charge in [0.15, 0.2) is 0 Å². The van der Waals surface area contributed by atoms with Crippen LogP contribution in [0.1, 0.15) is 27.7 Å². The van der Waals surface area contributed by atoms with E-state index >= 15 is 0 Å². The molecule has 11 heavy (non-hydrogen) atoms. The maximum atomic E-state index is 5.29. The van der Waals surface area contributed by atoms with Crippen LogP contribution in [0.15, 0.2) is 0 Å². The largest absolute Gasteiger partial charge is 0.379 e. The number of hydrogen-bond donors (Lipinski definition) is 0. The molecule has 0 N–H and O–H groups in total. The second-order valence-electron chi connectivity index (χ2n) is 3.75. The van der Waals surface area contributed by atoms with Gasteiger partial charge < -0.3 is 9.47 Å². The van der Waals surface area contributed by atoms with E-state index in [1.54, 1.807) is 7.11 Å². The molecule has 0 spiro atoms. The first-order chi connectivity index (χ1) is 5.02.